The summed E-state index contributed by atoms with van der Waals surface area (Å²) in [4.78, 5) is 24.3. The number of primary amides is 1. The van der Waals surface area contributed by atoms with Gasteiger partial charge in [-0.1, -0.05) is 54.9 Å². The van der Waals surface area contributed by atoms with E-state index in [4.69, 9.17) is 27.4 Å². The SMILES string of the molecule is CC12C3C=CC1C2(Nc1c(Cl)cnc2nc(-c4ccc(CNCCO)cc4)[nH]c12)C3CC(N)=O. The lowest BCUT2D eigenvalue weighted by Gasteiger charge is -2.49. The summed E-state index contributed by atoms with van der Waals surface area (Å²) >= 11 is 6.64. The van der Waals surface area contributed by atoms with E-state index in [1.807, 2.05) is 24.3 Å². The fourth-order valence-electron chi connectivity index (χ4n) is 6.64. The molecule has 2 heterocycles. The van der Waals surface area contributed by atoms with E-state index in [1.54, 1.807) is 6.20 Å². The Hall–Kier alpha value is -2.94. The molecule has 8 nitrogen and oxygen atoms in total. The molecule has 6 rings (SSSR count). The molecule has 2 fully saturated rings. The first-order chi connectivity index (χ1) is 16.4. The molecule has 2 saturated carbocycles. The smallest absolute Gasteiger partial charge is 0.217 e. The highest BCUT2D eigenvalue weighted by molar-refractivity contribution is 6.34. The summed E-state index contributed by atoms with van der Waals surface area (Å²) in [6.07, 6.45) is 6.48. The number of benzene rings is 1. The zero-order valence-corrected chi connectivity index (χ0v) is 19.6. The number of nitrogens with one attached hydrogen (secondary N) is 3. The fourth-order valence-corrected chi connectivity index (χ4v) is 6.83. The van der Waals surface area contributed by atoms with Crippen LogP contribution in [0.25, 0.3) is 22.6 Å². The molecule has 1 aromatic carbocycles. The second kappa shape index (κ2) is 7.53. The molecular formula is C25H27ClN6O2. The Morgan fingerprint density at radius 3 is 2.79 bits per heavy atom. The summed E-state index contributed by atoms with van der Waals surface area (Å²) < 4.78 is 0. The molecule has 6 N–H and O–H groups in total. The summed E-state index contributed by atoms with van der Waals surface area (Å²) in [6.45, 7) is 3.64. The third-order valence-corrected chi connectivity index (χ3v) is 8.52. The number of hydrogen-bond acceptors (Lipinski definition) is 6. The highest BCUT2D eigenvalue weighted by Gasteiger charge is 2.89. The van der Waals surface area contributed by atoms with E-state index >= 15 is 0 Å². The maximum Gasteiger partial charge on any atom is 0.217 e. The lowest BCUT2D eigenvalue weighted by atomic mass is 9.60. The Labute approximate surface area is 202 Å². The molecule has 0 aliphatic heterocycles. The van der Waals surface area contributed by atoms with Crippen molar-refractivity contribution in [1.29, 1.82) is 0 Å². The van der Waals surface area contributed by atoms with Crippen LogP contribution < -0.4 is 16.4 Å². The number of nitrogens with two attached hydrogens (primary N) is 1. The second-order valence-electron chi connectivity index (χ2n) is 9.80. The van der Waals surface area contributed by atoms with Crippen LogP contribution in [0, 0.1) is 23.2 Å². The van der Waals surface area contributed by atoms with Crippen molar-refractivity contribution in [2.45, 2.75) is 25.4 Å². The monoisotopic (exact) mass is 478 g/mol. The number of carbonyl (C=O) groups excluding carboxylic acids is 1. The van der Waals surface area contributed by atoms with Gasteiger partial charge in [-0.25, -0.2) is 9.97 Å². The minimum Gasteiger partial charge on any atom is -0.395 e. The van der Waals surface area contributed by atoms with E-state index in [9.17, 15) is 4.79 Å². The van der Waals surface area contributed by atoms with Gasteiger partial charge in [-0.3, -0.25) is 4.79 Å². The molecule has 3 aromatic rings. The van der Waals surface area contributed by atoms with Crippen molar-refractivity contribution in [2.24, 2.45) is 28.9 Å². The number of fused-ring (bicyclic) bond motifs is 2. The Bertz CT molecular complexity index is 1320. The van der Waals surface area contributed by atoms with Gasteiger partial charge in [-0.2, -0.15) is 0 Å². The van der Waals surface area contributed by atoms with Crippen LogP contribution in [0.3, 0.4) is 0 Å². The van der Waals surface area contributed by atoms with Crippen LogP contribution in [0.4, 0.5) is 5.69 Å². The Morgan fingerprint density at radius 2 is 2.09 bits per heavy atom. The molecular weight excluding hydrogens is 452 g/mol. The number of carbonyl (C=O) groups is 1. The molecule has 5 atom stereocenters. The summed E-state index contributed by atoms with van der Waals surface area (Å²) in [7, 11) is 0. The number of aliphatic hydroxyl groups is 1. The van der Waals surface area contributed by atoms with Crippen molar-refractivity contribution < 1.29 is 9.90 Å². The molecule has 34 heavy (non-hydrogen) atoms. The standard InChI is InChI=1S/C25H27ClN6O2/c1-24-15-6-7-18(24)25(24,16(15)10-19(27)34)32-20-17(26)12-29-23-21(20)30-22(31-23)14-4-2-13(3-5-14)11-28-8-9-33/h2-7,12,15-16,18,28,33H,8-11H2,1H3,(H2,27,34)(H2,29,30,31,32). The predicted molar refractivity (Wildman–Crippen MR) is 131 cm³/mol. The number of hydrogen-bond donors (Lipinski definition) is 5. The number of rotatable bonds is 9. The first-order valence-electron chi connectivity index (χ1n) is 11.6. The van der Waals surface area contributed by atoms with Crippen LogP contribution in [0.2, 0.25) is 5.02 Å². The zero-order chi connectivity index (χ0) is 23.7. The van der Waals surface area contributed by atoms with E-state index in [0.29, 0.717) is 47.8 Å². The molecule has 9 heteroatoms. The van der Waals surface area contributed by atoms with Crippen LogP contribution in [0.15, 0.2) is 42.6 Å². The van der Waals surface area contributed by atoms with E-state index in [0.717, 1.165) is 22.3 Å². The maximum absolute atomic E-state index is 11.8. The van der Waals surface area contributed by atoms with Crippen LogP contribution in [0.1, 0.15) is 18.9 Å². The van der Waals surface area contributed by atoms with E-state index in [2.05, 4.69) is 39.7 Å². The molecule has 0 radical (unpaired) electrons. The normalized spacial score (nSPS) is 30.3. The number of aliphatic hydroxyl groups excluding tert-OH is 1. The summed E-state index contributed by atoms with van der Waals surface area (Å²) in [5, 5.41) is 16.3. The maximum atomic E-state index is 11.8. The van der Waals surface area contributed by atoms with Crippen molar-refractivity contribution in [3.8, 4) is 11.4 Å². The van der Waals surface area contributed by atoms with Crippen LogP contribution in [-0.4, -0.2) is 44.7 Å². The highest BCUT2D eigenvalue weighted by atomic mass is 35.5. The van der Waals surface area contributed by atoms with Gasteiger partial charge in [-0.15, -0.1) is 0 Å². The molecule has 0 saturated heterocycles. The summed E-state index contributed by atoms with van der Waals surface area (Å²) in [5.41, 5.74) is 9.61. The Kier molecular flexibility index (Phi) is 4.78. The van der Waals surface area contributed by atoms with E-state index in [1.165, 1.54) is 0 Å². The number of pyridine rings is 1. The highest BCUT2D eigenvalue weighted by Crippen LogP contribution is 2.85. The van der Waals surface area contributed by atoms with Gasteiger partial charge in [-0.05, 0) is 17.4 Å². The number of halogens is 1. The first-order valence-corrected chi connectivity index (χ1v) is 12.0. The number of allylic oxidation sites excluding steroid dienone is 1. The first kappa shape index (κ1) is 21.6. The van der Waals surface area contributed by atoms with Crippen molar-refractivity contribution in [2.75, 3.05) is 18.5 Å². The number of imidazole rings is 1. The molecule has 2 aromatic heterocycles. The number of H-pyrrole nitrogens is 1. The van der Waals surface area contributed by atoms with Gasteiger partial charge in [0, 0.05) is 36.4 Å². The second-order valence-corrected chi connectivity index (χ2v) is 10.2. The van der Waals surface area contributed by atoms with Crippen molar-refractivity contribution >= 4 is 34.4 Å². The Balaban J connectivity index is 1.31. The van der Waals surface area contributed by atoms with Gasteiger partial charge in [0.25, 0.3) is 0 Å². The molecule has 5 unspecified atom stereocenters. The molecule has 0 bridgehead atoms. The number of anilines is 1. The Morgan fingerprint density at radius 1 is 1.29 bits per heavy atom. The average molecular weight is 479 g/mol. The molecule has 3 aliphatic rings. The number of aromatic amines is 1. The topological polar surface area (TPSA) is 129 Å². The number of nitrogens with zero attached hydrogens (tertiary/aromatic N) is 2. The van der Waals surface area contributed by atoms with Gasteiger partial charge in [0.15, 0.2) is 5.65 Å². The number of amides is 1. The lowest BCUT2D eigenvalue weighted by Crippen LogP contribution is -2.55. The van der Waals surface area contributed by atoms with Crippen molar-refractivity contribution in [3.63, 3.8) is 0 Å². The van der Waals surface area contributed by atoms with Gasteiger partial charge in [0.1, 0.15) is 11.3 Å². The third kappa shape index (κ3) is 2.82. The quantitative estimate of drug-likeness (QED) is 0.237. The number of aromatic nitrogens is 3. The fraction of sp³-hybridized carbons (Fsp3) is 0.400. The van der Waals surface area contributed by atoms with Crippen molar-refractivity contribution in [3.05, 3.63) is 53.2 Å². The van der Waals surface area contributed by atoms with E-state index < -0.39 is 0 Å². The molecule has 3 aliphatic carbocycles. The average Bonchev–Trinajstić information content (AvgIpc) is 3.16. The summed E-state index contributed by atoms with van der Waals surface area (Å²) in [5.74, 6) is 1.30. The lowest BCUT2D eigenvalue weighted by molar-refractivity contribution is -0.120. The molecule has 176 valence electrons. The van der Waals surface area contributed by atoms with Gasteiger partial charge in [0.2, 0.25) is 5.91 Å². The van der Waals surface area contributed by atoms with Gasteiger partial charge in [0.05, 0.1) is 29.1 Å². The molecule has 1 amide bonds. The zero-order valence-electron chi connectivity index (χ0n) is 18.8. The van der Waals surface area contributed by atoms with Crippen LogP contribution in [0.5, 0.6) is 0 Å². The predicted octanol–water partition coefficient (Wildman–Crippen LogP) is 2.84. The van der Waals surface area contributed by atoms with Crippen molar-refractivity contribution in [1.82, 2.24) is 20.3 Å². The minimum atomic E-state index is -0.274. The van der Waals surface area contributed by atoms with Gasteiger partial charge < -0.3 is 26.5 Å². The molecule has 0 spiro atoms. The van der Waals surface area contributed by atoms with Crippen LogP contribution >= 0.6 is 11.6 Å². The minimum absolute atomic E-state index is 0.0782. The largest absolute Gasteiger partial charge is 0.395 e. The van der Waals surface area contributed by atoms with E-state index in [-0.39, 0.29) is 29.4 Å². The van der Waals surface area contributed by atoms with Crippen LogP contribution in [-0.2, 0) is 11.3 Å². The summed E-state index contributed by atoms with van der Waals surface area (Å²) in [6, 6.07) is 8.09. The van der Waals surface area contributed by atoms with Gasteiger partial charge >= 0.3 is 0 Å². The third-order valence-electron chi connectivity index (χ3n) is 8.24.